The number of ether oxygens (including phenoxy) is 1. The molecule has 1 atom stereocenters. The number of rotatable bonds is 12. The maximum atomic E-state index is 5.08. The second kappa shape index (κ2) is 10.6. The Labute approximate surface area is 136 Å². The van der Waals surface area contributed by atoms with Crippen molar-refractivity contribution < 1.29 is 4.74 Å². The fraction of sp³-hybridized carbons (Fsp3) is 0.789. The molecule has 0 fully saturated rings. The molecule has 0 bridgehead atoms. The summed E-state index contributed by atoms with van der Waals surface area (Å²) in [5, 5.41) is 0. The second-order valence-electron chi connectivity index (χ2n) is 6.64. The molecule has 1 rings (SSSR count). The molecule has 1 aromatic heterocycles. The summed E-state index contributed by atoms with van der Waals surface area (Å²) in [6, 6.07) is 0.461. The zero-order valence-corrected chi connectivity index (χ0v) is 15.0. The van der Waals surface area contributed by atoms with Crippen LogP contribution in [0.3, 0.4) is 0 Å². The largest absolute Gasteiger partial charge is 0.467 e. The Hall–Kier alpha value is -1.12. The molecule has 0 amide bonds. The Bertz CT molecular complexity index is 391. The zero-order chi connectivity index (χ0) is 16.3. The highest BCUT2D eigenvalue weighted by Crippen LogP contribution is 2.35. The van der Waals surface area contributed by atoms with Gasteiger partial charge in [0.25, 0.3) is 0 Å². The number of hydrogen-bond donors (Lipinski definition) is 0. The van der Waals surface area contributed by atoms with Crippen LogP contribution in [0.1, 0.15) is 90.5 Å². The van der Waals surface area contributed by atoms with E-state index in [1.165, 1.54) is 69.8 Å². The molecule has 3 heteroatoms. The van der Waals surface area contributed by atoms with Crippen LogP contribution in [0.5, 0.6) is 6.01 Å². The molecule has 126 valence electrons. The monoisotopic (exact) mass is 306 g/mol. The third-order valence-corrected chi connectivity index (χ3v) is 4.67. The molecule has 3 nitrogen and oxygen atoms in total. The van der Waals surface area contributed by atoms with Gasteiger partial charge in [-0.2, -0.15) is 0 Å². The normalized spacial score (nSPS) is 13.8. The molecule has 1 unspecified atom stereocenters. The van der Waals surface area contributed by atoms with Crippen molar-refractivity contribution in [2.75, 3.05) is 7.11 Å². The highest BCUT2D eigenvalue weighted by Gasteiger charge is 2.26. The number of methoxy groups -OCH3 is 1. The van der Waals surface area contributed by atoms with Gasteiger partial charge in [0.15, 0.2) is 0 Å². The first kappa shape index (κ1) is 18.9. The predicted molar refractivity (Wildman–Crippen MR) is 93.5 cm³/mol. The first-order valence-corrected chi connectivity index (χ1v) is 9.02. The van der Waals surface area contributed by atoms with E-state index in [1.54, 1.807) is 7.11 Å². The van der Waals surface area contributed by atoms with Gasteiger partial charge in [0, 0.05) is 12.4 Å². The van der Waals surface area contributed by atoms with Crippen molar-refractivity contribution in [3.05, 3.63) is 18.0 Å². The van der Waals surface area contributed by atoms with E-state index >= 15 is 0 Å². The van der Waals surface area contributed by atoms with Crippen LogP contribution in [-0.2, 0) is 5.41 Å². The SMILES string of the molecule is CCCCCCCC(C)(CCCCC)c1cnc(OC)nc1. The summed E-state index contributed by atoms with van der Waals surface area (Å²) < 4.78 is 5.08. The first-order chi connectivity index (χ1) is 10.7. The lowest BCUT2D eigenvalue weighted by molar-refractivity contribution is 0.354. The van der Waals surface area contributed by atoms with Gasteiger partial charge in [0.05, 0.1) is 7.11 Å². The molecule has 0 aromatic carbocycles. The summed E-state index contributed by atoms with van der Waals surface area (Å²) in [6.45, 7) is 6.91. The number of hydrogen-bond acceptors (Lipinski definition) is 3. The Balaban J connectivity index is 2.66. The Morgan fingerprint density at radius 3 is 1.91 bits per heavy atom. The maximum Gasteiger partial charge on any atom is 0.316 e. The van der Waals surface area contributed by atoms with E-state index in [0.29, 0.717) is 6.01 Å². The van der Waals surface area contributed by atoms with Crippen LogP contribution >= 0.6 is 0 Å². The molecule has 0 spiro atoms. The lowest BCUT2D eigenvalue weighted by Crippen LogP contribution is -2.22. The number of aromatic nitrogens is 2. The molecule has 22 heavy (non-hydrogen) atoms. The van der Waals surface area contributed by atoms with Crippen LogP contribution in [0.25, 0.3) is 0 Å². The lowest BCUT2D eigenvalue weighted by atomic mass is 9.75. The van der Waals surface area contributed by atoms with Crippen LogP contribution in [0, 0.1) is 0 Å². The maximum absolute atomic E-state index is 5.08. The fourth-order valence-electron chi connectivity index (χ4n) is 3.03. The molecule has 1 heterocycles. The average Bonchev–Trinajstić information content (AvgIpc) is 2.55. The molecule has 0 aliphatic rings. The summed E-state index contributed by atoms with van der Waals surface area (Å²) in [7, 11) is 1.61. The summed E-state index contributed by atoms with van der Waals surface area (Å²) >= 11 is 0. The molecular weight excluding hydrogens is 272 g/mol. The van der Waals surface area contributed by atoms with Gasteiger partial charge in [-0.3, -0.25) is 0 Å². The van der Waals surface area contributed by atoms with E-state index in [0.717, 1.165) is 0 Å². The highest BCUT2D eigenvalue weighted by molar-refractivity contribution is 5.19. The van der Waals surface area contributed by atoms with Crippen molar-refractivity contribution in [3.8, 4) is 6.01 Å². The van der Waals surface area contributed by atoms with Crippen molar-refractivity contribution >= 4 is 0 Å². The summed E-state index contributed by atoms with van der Waals surface area (Å²) in [6.07, 6.45) is 16.9. The average molecular weight is 306 g/mol. The smallest absolute Gasteiger partial charge is 0.316 e. The molecule has 0 N–H and O–H groups in total. The highest BCUT2D eigenvalue weighted by atomic mass is 16.5. The van der Waals surface area contributed by atoms with Crippen molar-refractivity contribution in [1.82, 2.24) is 9.97 Å². The van der Waals surface area contributed by atoms with E-state index in [1.807, 2.05) is 12.4 Å². The van der Waals surface area contributed by atoms with Crippen LogP contribution in [0.15, 0.2) is 12.4 Å². The topological polar surface area (TPSA) is 35.0 Å². The van der Waals surface area contributed by atoms with E-state index < -0.39 is 0 Å². The molecule has 0 radical (unpaired) electrons. The summed E-state index contributed by atoms with van der Waals surface area (Å²) in [4.78, 5) is 8.63. The van der Waals surface area contributed by atoms with E-state index in [2.05, 4.69) is 30.7 Å². The third kappa shape index (κ3) is 6.33. The molecular formula is C19H34N2O. The van der Waals surface area contributed by atoms with Crippen molar-refractivity contribution in [3.63, 3.8) is 0 Å². The summed E-state index contributed by atoms with van der Waals surface area (Å²) in [5.41, 5.74) is 1.47. The Morgan fingerprint density at radius 2 is 1.36 bits per heavy atom. The molecule has 0 aliphatic heterocycles. The first-order valence-electron chi connectivity index (χ1n) is 9.02. The minimum Gasteiger partial charge on any atom is -0.467 e. The van der Waals surface area contributed by atoms with Crippen LogP contribution < -0.4 is 4.74 Å². The van der Waals surface area contributed by atoms with Crippen molar-refractivity contribution in [2.45, 2.75) is 90.4 Å². The third-order valence-electron chi connectivity index (χ3n) is 4.67. The van der Waals surface area contributed by atoms with Gasteiger partial charge in [-0.1, -0.05) is 72.1 Å². The van der Waals surface area contributed by atoms with Gasteiger partial charge in [-0.25, -0.2) is 9.97 Å². The second-order valence-corrected chi connectivity index (χ2v) is 6.64. The van der Waals surface area contributed by atoms with E-state index in [9.17, 15) is 0 Å². The van der Waals surface area contributed by atoms with E-state index in [4.69, 9.17) is 4.74 Å². The van der Waals surface area contributed by atoms with Gasteiger partial charge < -0.3 is 4.74 Å². The van der Waals surface area contributed by atoms with Crippen LogP contribution in [0.2, 0.25) is 0 Å². The van der Waals surface area contributed by atoms with E-state index in [-0.39, 0.29) is 5.41 Å². The minimum atomic E-state index is 0.202. The number of nitrogens with zero attached hydrogens (tertiary/aromatic N) is 2. The zero-order valence-electron chi connectivity index (χ0n) is 15.0. The fourth-order valence-corrected chi connectivity index (χ4v) is 3.03. The Kier molecular flexibility index (Phi) is 9.10. The predicted octanol–water partition coefficient (Wildman–Crippen LogP) is 5.68. The van der Waals surface area contributed by atoms with Gasteiger partial charge in [-0.05, 0) is 23.8 Å². The standard InChI is InChI=1S/C19H34N2O/c1-5-7-9-10-12-14-19(3,13-11-8-6-2)17-15-20-18(22-4)21-16-17/h15-16H,5-14H2,1-4H3. The van der Waals surface area contributed by atoms with Gasteiger partial charge in [0.2, 0.25) is 0 Å². The van der Waals surface area contributed by atoms with Crippen molar-refractivity contribution in [1.29, 1.82) is 0 Å². The molecule has 1 aromatic rings. The molecule has 0 saturated heterocycles. The molecule has 0 aliphatic carbocycles. The minimum absolute atomic E-state index is 0.202. The van der Waals surface area contributed by atoms with Gasteiger partial charge in [-0.15, -0.1) is 0 Å². The van der Waals surface area contributed by atoms with Crippen LogP contribution in [-0.4, -0.2) is 17.1 Å². The van der Waals surface area contributed by atoms with Gasteiger partial charge >= 0.3 is 6.01 Å². The molecule has 0 saturated carbocycles. The number of unbranched alkanes of at least 4 members (excludes halogenated alkanes) is 6. The van der Waals surface area contributed by atoms with Gasteiger partial charge in [0.1, 0.15) is 0 Å². The summed E-state index contributed by atoms with van der Waals surface area (Å²) in [5.74, 6) is 0. The quantitative estimate of drug-likeness (QED) is 0.466. The Morgan fingerprint density at radius 1 is 0.864 bits per heavy atom. The van der Waals surface area contributed by atoms with Crippen molar-refractivity contribution in [2.24, 2.45) is 0 Å². The lowest BCUT2D eigenvalue weighted by Gasteiger charge is -2.30. The van der Waals surface area contributed by atoms with Crippen LogP contribution in [0.4, 0.5) is 0 Å².